The van der Waals surface area contributed by atoms with Gasteiger partial charge in [0.05, 0.1) is 10.6 Å². The van der Waals surface area contributed by atoms with Gasteiger partial charge in [0.15, 0.2) is 11.6 Å². The zero-order chi connectivity index (χ0) is 10.7. The number of rotatable bonds is 3. The second kappa shape index (κ2) is 4.59. The SMILES string of the molecule is CCC(C)Oc1c(Br)cnc(N)c1F. The zero-order valence-corrected chi connectivity index (χ0v) is 9.64. The number of pyridine rings is 1. The summed E-state index contributed by atoms with van der Waals surface area (Å²) in [6.45, 7) is 3.82. The van der Waals surface area contributed by atoms with E-state index in [2.05, 4.69) is 20.9 Å². The number of nitrogens with zero attached hydrogens (tertiary/aromatic N) is 1. The lowest BCUT2D eigenvalue weighted by molar-refractivity contribution is 0.206. The summed E-state index contributed by atoms with van der Waals surface area (Å²) in [6, 6.07) is 0. The van der Waals surface area contributed by atoms with Crippen molar-refractivity contribution in [1.29, 1.82) is 0 Å². The van der Waals surface area contributed by atoms with E-state index in [-0.39, 0.29) is 17.7 Å². The largest absolute Gasteiger partial charge is 0.486 e. The Balaban J connectivity index is 3.00. The van der Waals surface area contributed by atoms with Gasteiger partial charge in [-0.2, -0.15) is 4.39 Å². The molecule has 2 N–H and O–H groups in total. The Bertz CT molecular complexity index is 333. The standard InChI is InChI=1S/C9H12BrFN2O/c1-3-5(2)14-8-6(10)4-13-9(12)7(8)11/h4-5H,3H2,1-2H3,(H2,12,13). The van der Waals surface area contributed by atoms with Crippen LogP contribution in [0.2, 0.25) is 0 Å². The van der Waals surface area contributed by atoms with Gasteiger partial charge in [-0.25, -0.2) is 4.98 Å². The van der Waals surface area contributed by atoms with Crippen molar-refractivity contribution in [2.75, 3.05) is 5.73 Å². The zero-order valence-electron chi connectivity index (χ0n) is 8.05. The van der Waals surface area contributed by atoms with E-state index in [1.54, 1.807) is 0 Å². The second-order valence-corrected chi connectivity index (χ2v) is 3.83. The number of nitrogens with two attached hydrogens (primary N) is 1. The summed E-state index contributed by atoms with van der Waals surface area (Å²) < 4.78 is 19.3. The Kier molecular flexibility index (Phi) is 3.69. The number of anilines is 1. The molecule has 0 aliphatic rings. The monoisotopic (exact) mass is 262 g/mol. The average Bonchev–Trinajstić information content (AvgIpc) is 2.18. The second-order valence-electron chi connectivity index (χ2n) is 2.97. The predicted molar refractivity (Wildman–Crippen MR) is 56.7 cm³/mol. The van der Waals surface area contributed by atoms with Gasteiger partial charge in [0.2, 0.25) is 5.82 Å². The summed E-state index contributed by atoms with van der Waals surface area (Å²) in [5.41, 5.74) is 5.32. The molecule has 0 bridgehead atoms. The Morgan fingerprint density at radius 2 is 2.36 bits per heavy atom. The van der Waals surface area contributed by atoms with E-state index >= 15 is 0 Å². The third-order valence-corrected chi connectivity index (χ3v) is 2.42. The van der Waals surface area contributed by atoms with Crippen molar-refractivity contribution in [3.05, 3.63) is 16.5 Å². The van der Waals surface area contributed by atoms with E-state index in [0.717, 1.165) is 6.42 Å². The highest BCUT2D eigenvalue weighted by Crippen LogP contribution is 2.30. The summed E-state index contributed by atoms with van der Waals surface area (Å²) in [5, 5.41) is 0. The number of hydrogen-bond acceptors (Lipinski definition) is 3. The summed E-state index contributed by atoms with van der Waals surface area (Å²) in [4.78, 5) is 3.65. The molecule has 0 aromatic carbocycles. The fourth-order valence-electron chi connectivity index (χ4n) is 0.855. The molecule has 0 fully saturated rings. The molecule has 0 aliphatic carbocycles. The van der Waals surface area contributed by atoms with Crippen LogP contribution in [-0.2, 0) is 0 Å². The molecular formula is C9H12BrFN2O. The molecule has 0 aliphatic heterocycles. The van der Waals surface area contributed by atoms with Crippen LogP contribution in [0.4, 0.5) is 10.2 Å². The fraction of sp³-hybridized carbons (Fsp3) is 0.444. The minimum atomic E-state index is -0.611. The van der Waals surface area contributed by atoms with Gasteiger partial charge in [0.25, 0.3) is 0 Å². The smallest absolute Gasteiger partial charge is 0.208 e. The summed E-state index contributed by atoms with van der Waals surface area (Å²) in [7, 11) is 0. The molecule has 0 saturated heterocycles. The van der Waals surface area contributed by atoms with Crippen LogP contribution in [-0.4, -0.2) is 11.1 Å². The van der Waals surface area contributed by atoms with Crippen molar-refractivity contribution < 1.29 is 9.13 Å². The van der Waals surface area contributed by atoms with E-state index in [1.807, 2.05) is 13.8 Å². The highest BCUT2D eigenvalue weighted by molar-refractivity contribution is 9.10. The van der Waals surface area contributed by atoms with Gasteiger partial charge in [-0.05, 0) is 29.3 Å². The molecule has 3 nitrogen and oxygen atoms in total. The molecule has 1 aromatic heterocycles. The first-order chi connectivity index (χ1) is 6.56. The number of nitrogen functional groups attached to an aromatic ring is 1. The van der Waals surface area contributed by atoms with Crippen LogP contribution >= 0.6 is 15.9 Å². The van der Waals surface area contributed by atoms with Crippen molar-refractivity contribution in [3.8, 4) is 5.75 Å². The Morgan fingerprint density at radius 1 is 1.71 bits per heavy atom. The fourth-order valence-corrected chi connectivity index (χ4v) is 1.23. The van der Waals surface area contributed by atoms with Gasteiger partial charge >= 0.3 is 0 Å². The van der Waals surface area contributed by atoms with E-state index in [1.165, 1.54) is 6.20 Å². The maximum absolute atomic E-state index is 13.4. The lowest BCUT2D eigenvalue weighted by Gasteiger charge is -2.14. The van der Waals surface area contributed by atoms with Gasteiger partial charge in [-0.3, -0.25) is 0 Å². The lowest BCUT2D eigenvalue weighted by atomic mass is 10.3. The van der Waals surface area contributed by atoms with Crippen LogP contribution in [0.25, 0.3) is 0 Å². The summed E-state index contributed by atoms with van der Waals surface area (Å²) in [6.07, 6.45) is 2.17. The van der Waals surface area contributed by atoms with E-state index in [4.69, 9.17) is 10.5 Å². The molecule has 0 spiro atoms. The summed E-state index contributed by atoms with van der Waals surface area (Å²) >= 11 is 3.16. The van der Waals surface area contributed by atoms with Gasteiger partial charge in [-0.1, -0.05) is 6.92 Å². The molecule has 78 valence electrons. The van der Waals surface area contributed by atoms with Gasteiger partial charge < -0.3 is 10.5 Å². The molecule has 1 atom stereocenters. The van der Waals surface area contributed by atoms with Gasteiger partial charge in [0, 0.05) is 6.20 Å². The van der Waals surface area contributed by atoms with Crippen LogP contribution in [0.5, 0.6) is 5.75 Å². The van der Waals surface area contributed by atoms with E-state index < -0.39 is 5.82 Å². The Morgan fingerprint density at radius 3 is 2.93 bits per heavy atom. The Labute approximate surface area is 90.6 Å². The van der Waals surface area contributed by atoms with Crippen LogP contribution in [0, 0.1) is 5.82 Å². The Hall–Kier alpha value is -0.840. The molecule has 1 aromatic rings. The molecule has 0 radical (unpaired) electrons. The molecule has 14 heavy (non-hydrogen) atoms. The molecule has 1 heterocycles. The van der Waals surface area contributed by atoms with E-state index in [0.29, 0.717) is 4.47 Å². The van der Waals surface area contributed by atoms with Crippen LogP contribution < -0.4 is 10.5 Å². The maximum atomic E-state index is 13.4. The molecule has 5 heteroatoms. The van der Waals surface area contributed by atoms with Crippen molar-refractivity contribution >= 4 is 21.7 Å². The highest BCUT2D eigenvalue weighted by Gasteiger charge is 2.14. The third kappa shape index (κ3) is 2.35. The predicted octanol–water partition coefficient (Wildman–Crippen LogP) is 2.74. The first-order valence-electron chi connectivity index (χ1n) is 4.32. The molecule has 0 saturated carbocycles. The average molecular weight is 263 g/mol. The minimum absolute atomic E-state index is 0.0531. The normalized spacial score (nSPS) is 12.6. The lowest BCUT2D eigenvalue weighted by Crippen LogP contribution is -2.12. The van der Waals surface area contributed by atoms with Crippen molar-refractivity contribution in [3.63, 3.8) is 0 Å². The highest BCUT2D eigenvalue weighted by atomic mass is 79.9. The quantitative estimate of drug-likeness (QED) is 0.912. The molecular weight excluding hydrogens is 251 g/mol. The van der Waals surface area contributed by atoms with E-state index in [9.17, 15) is 4.39 Å². The van der Waals surface area contributed by atoms with Crippen molar-refractivity contribution in [1.82, 2.24) is 4.98 Å². The summed E-state index contributed by atoms with van der Waals surface area (Å²) in [5.74, 6) is -0.627. The van der Waals surface area contributed by atoms with Crippen LogP contribution in [0.15, 0.2) is 10.7 Å². The number of aromatic nitrogens is 1. The maximum Gasteiger partial charge on any atom is 0.208 e. The van der Waals surface area contributed by atoms with Gasteiger partial charge in [0.1, 0.15) is 0 Å². The number of hydrogen-bond donors (Lipinski definition) is 1. The minimum Gasteiger partial charge on any atom is -0.486 e. The molecule has 0 amide bonds. The van der Waals surface area contributed by atoms with Crippen LogP contribution in [0.3, 0.4) is 0 Å². The first-order valence-corrected chi connectivity index (χ1v) is 5.11. The third-order valence-electron chi connectivity index (χ3n) is 1.85. The van der Waals surface area contributed by atoms with Crippen LogP contribution in [0.1, 0.15) is 20.3 Å². The molecule has 1 rings (SSSR count). The molecule has 1 unspecified atom stereocenters. The van der Waals surface area contributed by atoms with Crippen molar-refractivity contribution in [2.45, 2.75) is 26.4 Å². The van der Waals surface area contributed by atoms with Crippen molar-refractivity contribution in [2.24, 2.45) is 0 Å². The number of halogens is 2. The first kappa shape index (κ1) is 11.2. The number of ether oxygens (including phenoxy) is 1. The topological polar surface area (TPSA) is 48.1 Å². The van der Waals surface area contributed by atoms with Gasteiger partial charge in [-0.15, -0.1) is 0 Å².